The van der Waals surface area contributed by atoms with Crippen LogP contribution in [0.4, 0.5) is 0 Å². The number of nitrogens with zero attached hydrogens (tertiary/aromatic N) is 1. The summed E-state index contributed by atoms with van der Waals surface area (Å²) in [7, 11) is 0. The summed E-state index contributed by atoms with van der Waals surface area (Å²) in [5, 5.41) is 1.98. The Labute approximate surface area is 155 Å². The van der Waals surface area contributed by atoms with Crippen molar-refractivity contribution >= 4 is 5.91 Å². The molecule has 1 saturated heterocycles. The molecule has 1 aliphatic heterocycles. The lowest BCUT2D eigenvalue weighted by Gasteiger charge is -2.28. The number of hydrazine groups is 1. The molecular weight excluding hydrogens is 326 g/mol. The predicted octanol–water partition coefficient (Wildman–Crippen LogP) is 2.65. The Morgan fingerprint density at radius 3 is 2.38 bits per heavy atom. The lowest BCUT2D eigenvalue weighted by atomic mass is 10.1. The van der Waals surface area contributed by atoms with Crippen molar-refractivity contribution in [1.29, 1.82) is 0 Å². The van der Waals surface area contributed by atoms with Crippen molar-refractivity contribution in [2.45, 2.75) is 38.3 Å². The van der Waals surface area contributed by atoms with Crippen molar-refractivity contribution in [2.24, 2.45) is 5.73 Å². The maximum absolute atomic E-state index is 12.2. The van der Waals surface area contributed by atoms with Crippen LogP contribution in [-0.4, -0.2) is 30.0 Å². The lowest BCUT2D eigenvalue weighted by molar-refractivity contribution is -0.127. The van der Waals surface area contributed by atoms with Gasteiger partial charge in [0.25, 0.3) is 5.91 Å². The molecule has 2 aromatic rings. The Hall–Kier alpha value is -2.37. The van der Waals surface area contributed by atoms with E-state index in [-0.39, 0.29) is 5.91 Å². The number of nitrogens with one attached hydrogen (secondary N) is 1. The van der Waals surface area contributed by atoms with E-state index in [2.05, 4.69) is 5.43 Å². The van der Waals surface area contributed by atoms with Gasteiger partial charge in [-0.05, 0) is 42.5 Å². The van der Waals surface area contributed by atoms with Gasteiger partial charge in [0.2, 0.25) is 0 Å². The van der Waals surface area contributed by atoms with Crippen molar-refractivity contribution < 1.29 is 9.53 Å². The van der Waals surface area contributed by atoms with Gasteiger partial charge in [0.05, 0.1) is 6.04 Å². The summed E-state index contributed by atoms with van der Waals surface area (Å²) >= 11 is 0. The number of hydrogen-bond donors (Lipinski definition) is 2. The van der Waals surface area contributed by atoms with Crippen LogP contribution < -0.4 is 15.9 Å². The Morgan fingerprint density at radius 2 is 1.69 bits per heavy atom. The molecule has 26 heavy (non-hydrogen) atoms. The van der Waals surface area contributed by atoms with Gasteiger partial charge in [-0.15, -0.1) is 0 Å². The number of ether oxygens (including phenoxy) is 1. The molecule has 1 amide bonds. The van der Waals surface area contributed by atoms with Gasteiger partial charge in [0.1, 0.15) is 12.4 Å². The number of amides is 1. The summed E-state index contributed by atoms with van der Waals surface area (Å²) in [6.45, 7) is 2.36. The van der Waals surface area contributed by atoms with Crippen LogP contribution in [0, 0.1) is 0 Å². The fourth-order valence-corrected chi connectivity index (χ4v) is 3.05. The van der Waals surface area contributed by atoms with E-state index in [4.69, 9.17) is 10.5 Å². The first-order valence-electron chi connectivity index (χ1n) is 9.27. The van der Waals surface area contributed by atoms with E-state index in [9.17, 15) is 4.79 Å². The zero-order chi connectivity index (χ0) is 18.2. The van der Waals surface area contributed by atoms with Gasteiger partial charge in [0, 0.05) is 13.1 Å². The molecule has 0 aliphatic carbocycles. The summed E-state index contributed by atoms with van der Waals surface area (Å²) in [5.41, 5.74) is 11.2. The molecule has 3 N–H and O–H groups in total. The van der Waals surface area contributed by atoms with Gasteiger partial charge in [-0.25, -0.2) is 5.01 Å². The smallest absolute Gasteiger partial charge is 0.251 e. The predicted molar refractivity (Wildman–Crippen MR) is 102 cm³/mol. The highest BCUT2D eigenvalue weighted by Gasteiger charge is 2.18. The quantitative estimate of drug-likeness (QED) is 0.803. The maximum atomic E-state index is 12.2. The molecule has 5 nitrogen and oxygen atoms in total. The highest BCUT2D eigenvalue weighted by Crippen LogP contribution is 2.15. The number of rotatable bonds is 7. The van der Waals surface area contributed by atoms with Crippen LogP contribution in [0.5, 0.6) is 5.75 Å². The first-order chi connectivity index (χ1) is 12.7. The van der Waals surface area contributed by atoms with Crippen LogP contribution in [0.3, 0.4) is 0 Å². The highest BCUT2D eigenvalue weighted by molar-refractivity contribution is 5.81. The average molecular weight is 353 g/mol. The molecular formula is C21H27N3O2. The van der Waals surface area contributed by atoms with E-state index in [1.165, 1.54) is 6.42 Å². The second-order valence-electron chi connectivity index (χ2n) is 6.75. The van der Waals surface area contributed by atoms with E-state index in [0.29, 0.717) is 13.0 Å². The van der Waals surface area contributed by atoms with Crippen LogP contribution in [0.15, 0.2) is 54.6 Å². The molecule has 0 aromatic heterocycles. The van der Waals surface area contributed by atoms with E-state index >= 15 is 0 Å². The number of hydrogen-bond acceptors (Lipinski definition) is 4. The molecule has 5 heteroatoms. The van der Waals surface area contributed by atoms with Crippen LogP contribution in [0.2, 0.25) is 0 Å². The zero-order valence-corrected chi connectivity index (χ0v) is 15.1. The number of piperidine rings is 1. The van der Waals surface area contributed by atoms with E-state index in [1.807, 2.05) is 59.6 Å². The minimum absolute atomic E-state index is 0.115. The molecule has 3 rings (SSSR count). The third-order valence-electron chi connectivity index (χ3n) is 4.59. The minimum Gasteiger partial charge on any atom is -0.489 e. The Morgan fingerprint density at radius 1 is 1.00 bits per heavy atom. The monoisotopic (exact) mass is 353 g/mol. The van der Waals surface area contributed by atoms with Gasteiger partial charge in [0.15, 0.2) is 0 Å². The van der Waals surface area contributed by atoms with Gasteiger partial charge in [-0.2, -0.15) is 0 Å². The van der Waals surface area contributed by atoms with Crippen LogP contribution in [-0.2, 0) is 17.8 Å². The van der Waals surface area contributed by atoms with Crippen LogP contribution in [0.25, 0.3) is 0 Å². The van der Waals surface area contributed by atoms with Crippen molar-refractivity contribution in [1.82, 2.24) is 10.4 Å². The summed E-state index contributed by atoms with van der Waals surface area (Å²) in [6.07, 6.45) is 4.00. The molecule has 1 heterocycles. The lowest BCUT2D eigenvalue weighted by Crippen LogP contribution is -2.51. The number of nitrogens with two attached hydrogens (primary N) is 1. The zero-order valence-electron chi connectivity index (χ0n) is 15.1. The molecule has 0 bridgehead atoms. The highest BCUT2D eigenvalue weighted by atomic mass is 16.5. The summed E-state index contributed by atoms with van der Waals surface area (Å²) in [6, 6.07) is 17.3. The molecule has 1 aliphatic rings. The van der Waals surface area contributed by atoms with Crippen molar-refractivity contribution in [2.75, 3.05) is 13.1 Å². The first kappa shape index (κ1) is 18.4. The molecule has 0 radical (unpaired) electrons. The maximum Gasteiger partial charge on any atom is 0.251 e. The molecule has 1 fully saturated rings. The van der Waals surface area contributed by atoms with E-state index < -0.39 is 6.04 Å². The van der Waals surface area contributed by atoms with Gasteiger partial charge < -0.3 is 10.5 Å². The number of carbonyl (C=O) groups is 1. The first-order valence-corrected chi connectivity index (χ1v) is 9.27. The third-order valence-corrected chi connectivity index (χ3v) is 4.59. The molecule has 138 valence electrons. The normalized spacial score (nSPS) is 16.0. The third kappa shape index (κ3) is 5.58. The Bertz CT molecular complexity index is 682. The van der Waals surface area contributed by atoms with Gasteiger partial charge >= 0.3 is 0 Å². The minimum atomic E-state index is -0.548. The summed E-state index contributed by atoms with van der Waals surface area (Å²) in [4.78, 5) is 12.2. The van der Waals surface area contributed by atoms with Gasteiger partial charge in [-0.1, -0.05) is 48.9 Å². The van der Waals surface area contributed by atoms with Crippen LogP contribution >= 0.6 is 0 Å². The topological polar surface area (TPSA) is 67.6 Å². The standard InChI is InChI=1S/C21H27N3O2/c22-20(21(25)23-24-13-5-2-6-14-24)15-17-9-11-19(12-10-17)26-16-18-7-3-1-4-8-18/h1,3-4,7-12,20H,2,5-6,13-16,22H2,(H,23,25). The number of benzene rings is 2. The fraction of sp³-hybridized carbons (Fsp3) is 0.381. The molecule has 2 aromatic carbocycles. The average Bonchev–Trinajstić information content (AvgIpc) is 2.69. The Balaban J connectivity index is 1.46. The van der Waals surface area contributed by atoms with Crippen molar-refractivity contribution in [3.63, 3.8) is 0 Å². The molecule has 1 atom stereocenters. The largest absolute Gasteiger partial charge is 0.489 e. The molecule has 0 spiro atoms. The summed E-state index contributed by atoms with van der Waals surface area (Å²) in [5.74, 6) is 0.695. The second kappa shape index (κ2) is 9.36. The van der Waals surface area contributed by atoms with Gasteiger partial charge in [-0.3, -0.25) is 10.2 Å². The van der Waals surface area contributed by atoms with E-state index in [1.54, 1.807) is 0 Å². The molecule has 0 saturated carbocycles. The van der Waals surface area contributed by atoms with Crippen molar-refractivity contribution in [3.8, 4) is 5.75 Å². The SMILES string of the molecule is NC(Cc1ccc(OCc2ccccc2)cc1)C(=O)NN1CCCCC1. The van der Waals surface area contributed by atoms with E-state index in [0.717, 1.165) is 42.8 Å². The van der Waals surface area contributed by atoms with Crippen LogP contribution in [0.1, 0.15) is 30.4 Å². The second-order valence-corrected chi connectivity index (χ2v) is 6.75. The number of carbonyl (C=O) groups excluding carboxylic acids is 1. The summed E-state index contributed by atoms with van der Waals surface area (Å²) < 4.78 is 5.78. The molecule has 1 unspecified atom stereocenters. The van der Waals surface area contributed by atoms with Crippen molar-refractivity contribution in [3.05, 3.63) is 65.7 Å². The fourth-order valence-electron chi connectivity index (χ4n) is 3.05. The Kier molecular flexibility index (Phi) is 6.63.